The van der Waals surface area contributed by atoms with Gasteiger partial charge in [-0.25, -0.2) is 0 Å². The SMILES string of the molecule is Cn1cnnc1CCNCc1ccc(N2CCCC2)cc1. The zero-order valence-electron chi connectivity index (χ0n) is 12.6. The Kier molecular flexibility index (Phi) is 4.50. The van der Waals surface area contributed by atoms with E-state index in [0.717, 1.165) is 25.3 Å². The second-order valence-electron chi connectivity index (χ2n) is 5.65. The predicted molar refractivity (Wildman–Crippen MR) is 84.3 cm³/mol. The topological polar surface area (TPSA) is 46.0 Å². The minimum atomic E-state index is 0.901. The first-order valence-electron chi connectivity index (χ1n) is 7.70. The minimum Gasteiger partial charge on any atom is -0.372 e. The summed E-state index contributed by atoms with van der Waals surface area (Å²) in [5.74, 6) is 1.02. The van der Waals surface area contributed by atoms with E-state index in [0.29, 0.717) is 0 Å². The molecular weight excluding hydrogens is 262 g/mol. The van der Waals surface area contributed by atoms with E-state index >= 15 is 0 Å². The van der Waals surface area contributed by atoms with Gasteiger partial charge in [0.05, 0.1) is 0 Å². The van der Waals surface area contributed by atoms with Gasteiger partial charge < -0.3 is 14.8 Å². The van der Waals surface area contributed by atoms with Crippen LogP contribution in [0.4, 0.5) is 5.69 Å². The Balaban J connectivity index is 1.44. The first-order chi connectivity index (χ1) is 10.3. The van der Waals surface area contributed by atoms with Crippen LogP contribution in [0, 0.1) is 0 Å². The van der Waals surface area contributed by atoms with Crippen LogP contribution in [0.3, 0.4) is 0 Å². The summed E-state index contributed by atoms with van der Waals surface area (Å²) in [6.45, 7) is 4.23. The molecule has 5 heteroatoms. The number of nitrogens with zero attached hydrogens (tertiary/aromatic N) is 4. The molecule has 0 spiro atoms. The van der Waals surface area contributed by atoms with Crippen LogP contribution < -0.4 is 10.2 Å². The van der Waals surface area contributed by atoms with Crippen LogP contribution in [-0.2, 0) is 20.0 Å². The van der Waals surface area contributed by atoms with Crippen molar-refractivity contribution in [2.24, 2.45) is 7.05 Å². The van der Waals surface area contributed by atoms with Gasteiger partial charge in [-0.15, -0.1) is 10.2 Å². The molecule has 1 fully saturated rings. The van der Waals surface area contributed by atoms with Crippen LogP contribution in [0.15, 0.2) is 30.6 Å². The summed E-state index contributed by atoms with van der Waals surface area (Å²) in [6, 6.07) is 8.93. The van der Waals surface area contributed by atoms with Gasteiger partial charge in [0.1, 0.15) is 12.2 Å². The fraction of sp³-hybridized carbons (Fsp3) is 0.500. The number of rotatable bonds is 6. The molecule has 5 nitrogen and oxygen atoms in total. The fourth-order valence-electron chi connectivity index (χ4n) is 2.77. The van der Waals surface area contributed by atoms with Crippen LogP contribution in [-0.4, -0.2) is 34.4 Å². The lowest BCUT2D eigenvalue weighted by Crippen LogP contribution is -2.19. The molecule has 0 unspecified atom stereocenters. The first-order valence-corrected chi connectivity index (χ1v) is 7.70. The molecule has 2 heterocycles. The molecule has 0 bridgehead atoms. The molecule has 0 radical (unpaired) electrons. The van der Waals surface area contributed by atoms with Gasteiger partial charge in [-0.05, 0) is 30.5 Å². The summed E-state index contributed by atoms with van der Waals surface area (Å²) in [5, 5.41) is 11.4. The molecule has 0 amide bonds. The molecule has 0 saturated carbocycles. The van der Waals surface area contributed by atoms with Gasteiger partial charge in [0, 0.05) is 45.3 Å². The number of nitrogens with one attached hydrogen (secondary N) is 1. The molecule has 1 aromatic carbocycles. The zero-order valence-corrected chi connectivity index (χ0v) is 12.6. The highest BCUT2D eigenvalue weighted by Gasteiger charge is 2.11. The van der Waals surface area contributed by atoms with Crippen molar-refractivity contribution < 1.29 is 0 Å². The van der Waals surface area contributed by atoms with Crippen molar-refractivity contribution in [3.8, 4) is 0 Å². The summed E-state index contributed by atoms with van der Waals surface area (Å²) < 4.78 is 1.96. The Morgan fingerprint density at radius 1 is 1.14 bits per heavy atom. The minimum absolute atomic E-state index is 0.901. The lowest BCUT2D eigenvalue weighted by atomic mass is 10.2. The molecule has 0 atom stereocenters. The molecule has 2 aromatic rings. The van der Waals surface area contributed by atoms with Gasteiger partial charge in [-0.3, -0.25) is 0 Å². The number of anilines is 1. The largest absolute Gasteiger partial charge is 0.372 e. The number of hydrogen-bond acceptors (Lipinski definition) is 4. The maximum Gasteiger partial charge on any atom is 0.133 e. The zero-order chi connectivity index (χ0) is 14.5. The summed E-state index contributed by atoms with van der Waals surface area (Å²) in [5.41, 5.74) is 2.69. The third kappa shape index (κ3) is 3.61. The van der Waals surface area contributed by atoms with Crippen molar-refractivity contribution in [3.05, 3.63) is 42.0 Å². The van der Waals surface area contributed by atoms with Crippen LogP contribution >= 0.6 is 0 Å². The highest BCUT2D eigenvalue weighted by molar-refractivity contribution is 5.48. The normalized spacial score (nSPS) is 14.8. The van der Waals surface area contributed by atoms with Crippen molar-refractivity contribution in [1.29, 1.82) is 0 Å². The smallest absolute Gasteiger partial charge is 0.133 e. The van der Waals surface area contributed by atoms with Crippen LogP contribution in [0.5, 0.6) is 0 Å². The Hall–Kier alpha value is -1.88. The van der Waals surface area contributed by atoms with E-state index in [-0.39, 0.29) is 0 Å². The Labute approximate surface area is 126 Å². The quantitative estimate of drug-likeness (QED) is 0.821. The average molecular weight is 285 g/mol. The standard InChI is InChI=1S/C16H23N5/c1-20-13-18-19-16(20)8-9-17-12-14-4-6-15(7-5-14)21-10-2-3-11-21/h4-7,13,17H,2-3,8-12H2,1H3. The molecule has 21 heavy (non-hydrogen) atoms. The van der Waals surface area contributed by atoms with E-state index in [4.69, 9.17) is 0 Å². The molecule has 1 saturated heterocycles. The van der Waals surface area contributed by atoms with Gasteiger partial charge >= 0.3 is 0 Å². The van der Waals surface area contributed by atoms with Crippen LogP contribution in [0.1, 0.15) is 24.2 Å². The van der Waals surface area contributed by atoms with E-state index in [1.807, 2.05) is 11.6 Å². The van der Waals surface area contributed by atoms with Crippen molar-refractivity contribution in [2.75, 3.05) is 24.5 Å². The molecule has 112 valence electrons. The molecular formula is C16H23N5. The molecule has 0 aliphatic carbocycles. The van der Waals surface area contributed by atoms with Crippen molar-refractivity contribution >= 4 is 5.69 Å². The Bertz CT molecular complexity index is 554. The first kappa shape index (κ1) is 14.1. The second kappa shape index (κ2) is 6.72. The maximum atomic E-state index is 4.08. The Morgan fingerprint density at radius 2 is 1.90 bits per heavy atom. The van der Waals surface area contributed by atoms with E-state index in [1.165, 1.54) is 37.2 Å². The van der Waals surface area contributed by atoms with Crippen molar-refractivity contribution in [3.63, 3.8) is 0 Å². The van der Waals surface area contributed by atoms with Crippen molar-refractivity contribution in [1.82, 2.24) is 20.1 Å². The van der Waals surface area contributed by atoms with Gasteiger partial charge in [-0.2, -0.15) is 0 Å². The monoisotopic (exact) mass is 285 g/mol. The molecule has 1 aliphatic heterocycles. The summed E-state index contributed by atoms with van der Waals surface area (Å²) in [6.07, 6.45) is 5.30. The van der Waals surface area contributed by atoms with E-state index in [1.54, 1.807) is 6.33 Å². The highest BCUT2D eigenvalue weighted by atomic mass is 15.2. The number of aryl methyl sites for hydroxylation is 1. The number of benzene rings is 1. The lowest BCUT2D eigenvalue weighted by molar-refractivity contribution is 0.654. The van der Waals surface area contributed by atoms with Crippen LogP contribution in [0.25, 0.3) is 0 Å². The summed E-state index contributed by atoms with van der Waals surface area (Å²) >= 11 is 0. The number of hydrogen-bond donors (Lipinski definition) is 1. The maximum absolute atomic E-state index is 4.08. The highest BCUT2D eigenvalue weighted by Crippen LogP contribution is 2.20. The second-order valence-corrected chi connectivity index (χ2v) is 5.65. The van der Waals surface area contributed by atoms with E-state index < -0.39 is 0 Å². The lowest BCUT2D eigenvalue weighted by Gasteiger charge is -2.17. The van der Waals surface area contributed by atoms with Gasteiger partial charge in [-0.1, -0.05) is 12.1 Å². The fourth-order valence-corrected chi connectivity index (χ4v) is 2.77. The molecule has 1 aromatic heterocycles. The molecule has 1 N–H and O–H groups in total. The Morgan fingerprint density at radius 3 is 2.57 bits per heavy atom. The average Bonchev–Trinajstić information content (AvgIpc) is 3.16. The van der Waals surface area contributed by atoms with Gasteiger partial charge in [0.15, 0.2) is 0 Å². The van der Waals surface area contributed by atoms with Gasteiger partial charge in [0.2, 0.25) is 0 Å². The van der Waals surface area contributed by atoms with Crippen LogP contribution in [0.2, 0.25) is 0 Å². The van der Waals surface area contributed by atoms with E-state index in [9.17, 15) is 0 Å². The summed E-state index contributed by atoms with van der Waals surface area (Å²) in [4.78, 5) is 2.46. The van der Waals surface area contributed by atoms with Crippen molar-refractivity contribution in [2.45, 2.75) is 25.8 Å². The predicted octanol–water partition coefficient (Wildman–Crippen LogP) is 1.75. The molecule has 1 aliphatic rings. The van der Waals surface area contributed by atoms with E-state index in [2.05, 4.69) is 44.7 Å². The summed E-state index contributed by atoms with van der Waals surface area (Å²) in [7, 11) is 1.98. The third-order valence-electron chi connectivity index (χ3n) is 4.07. The third-order valence-corrected chi connectivity index (χ3v) is 4.07. The van der Waals surface area contributed by atoms with Gasteiger partial charge in [0.25, 0.3) is 0 Å². The molecule has 3 rings (SSSR count). The number of aromatic nitrogens is 3.